The Labute approximate surface area is 129 Å². The number of nitrogens with one attached hydrogen (secondary N) is 1. The molecule has 1 amide bonds. The maximum absolute atomic E-state index is 12.0. The minimum Gasteiger partial charge on any atom is -0.507 e. The third-order valence-corrected chi connectivity index (χ3v) is 3.77. The molecule has 0 atom stereocenters. The van der Waals surface area contributed by atoms with E-state index in [0.717, 1.165) is 5.56 Å². The predicted molar refractivity (Wildman–Crippen MR) is 84.8 cm³/mol. The second-order valence-corrected chi connectivity index (χ2v) is 5.38. The summed E-state index contributed by atoms with van der Waals surface area (Å²) in [6.07, 6.45) is 0. The summed E-state index contributed by atoms with van der Waals surface area (Å²) in [4.78, 5) is 12.0. The smallest absolute Gasteiger partial charge is 0.255 e. The summed E-state index contributed by atoms with van der Waals surface area (Å²) in [7, 11) is 0. The number of carbonyl (C=O) groups excluding carboxylic acids is 1. The molecular formula is C14H11ClINO2. The lowest BCUT2D eigenvalue weighted by molar-refractivity contribution is 0.102. The number of halogens is 2. The third-order valence-electron chi connectivity index (χ3n) is 2.55. The first kappa shape index (κ1) is 14.1. The molecule has 0 saturated heterocycles. The van der Waals surface area contributed by atoms with Gasteiger partial charge in [-0.3, -0.25) is 4.79 Å². The van der Waals surface area contributed by atoms with E-state index in [1.165, 1.54) is 6.07 Å². The van der Waals surface area contributed by atoms with E-state index in [-0.39, 0.29) is 11.7 Å². The highest BCUT2D eigenvalue weighted by molar-refractivity contribution is 14.1. The van der Waals surface area contributed by atoms with Gasteiger partial charge in [0.15, 0.2) is 0 Å². The molecule has 3 nitrogen and oxygen atoms in total. The van der Waals surface area contributed by atoms with Crippen LogP contribution in [0.2, 0.25) is 0 Å². The van der Waals surface area contributed by atoms with E-state index in [0.29, 0.717) is 20.7 Å². The van der Waals surface area contributed by atoms with Crippen LogP contribution in [-0.2, 0) is 5.88 Å². The van der Waals surface area contributed by atoms with Gasteiger partial charge < -0.3 is 10.4 Å². The van der Waals surface area contributed by atoms with Crippen molar-refractivity contribution < 1.29 is 9.90 Å². The zero-order valence-electron chi connectivity index (χ0n) is 9.86. The Morgan fingerprint density at radius 2 is 2.05 bits per heavy atom. The van der Waals surface area contributed by atoms with Crippen LogP contribution in [0.4, 0.5) is 5.69 Å². The van der Waals surface area contributed by atoms with Crippen LogP contribution in [-0.4, -0.2) is 11.0 Å². The van der Waals surface area contributed by atoms with Crippen molar-refractivity contribution in [2.45, 2.75) is 5.88 Å². The predicted octanol–water partition coefficient (Wildman–Crippen LogP) is 3.99. The minimum atomic E-state index is -0.265. The van der Waals surface area contributed by atoms with Crippen molar-refractivity contribution in [3.63, 3.8) is 0 Å². The average molecular weight is 388 g/mol. The van der Waals surface area contributed by atoms with Gasteiger partial charge in [0.1, 0.15) is 5.75 Å². The van der Waals surface area contributed by atoms with Gasteiger partial charge in [0, 0.05) is 17.1 Å². The van der Waals surface area contributed by atoms with E-state index in [1.54, 1.807) is 18.2 Å². The van der Waals surface area contributed by atoms with Crippen molar-refractivity contribution in [3.05, 3.63) is 57.2 Å². The quantitative estimate of drug-likeness (QED) is 0.618. The molecule has 0 radical (unpaired) electrons. The van der Waals surface area contributed by atoms with E-state index < -0.39 is 0 Å². The van der Waals surface area contributed by atoms with E-state index in [2.05, 4.69) is 5.32 Å². The maximum Gasteiger partial charge on any atom is 0.255 e. The summed E-state index contributed by atoms with van der Waals surface area (Å²) in [6, 6.07) is 12.1. The summed E-state index contributed by atoms with van der Waals surface area (Å²) >= 11 is 7.75. The highest BCUT2D eigenvalue weighted by atomic mass is 127. The van der Waals surface area contributed by atoms with E-state index in [9.17, 15) is 9.90 Å². The number of rotatable bonds is 3. The van der Waals surface area contributed by atoms with Gasteiger partial charge in [-0.2, -0.15) is 0 Å². The second kappa shape index (κ2) is 6.25. The van der Waals surface area contributed by atoms with Crippen LogP contribution in [0.1, 0.15) is 15.9 Å². The second-order valence-electron chi connectivity index (χ2n) is 3.95. The van der Waals surface area contributed by atoms with Gasteiger partial charge in [-0.05, 0) is 58.5 Å². The van der Waals surface area contributed by atoms with Crippen molar-refractivity contribution in [2.24, 2.45) is 0 Å². The Kier molecular flexibility index (Phi) is 4.66. The fourth-order valence-corrected chi connectivity index (χ4v) is 2.09. The Morgan fingerprint density at radius 1 is 1.26 bits per heavy atom. The monoisotopic (exact) mass is 387 g/mol. The lowest BCUT2D eigenvalue weighted by Gasteiger charge is -2.07. The molecule has 98 valence electrons. The van der Waals surface area contributed by atoms with Crippen molar-refractivity contribution >= 4 is 45.8 Å². The first-order valence-electron chi connectivity index (χ1n) is 5.55. The highest BCUT2D eigenvalue weighted by Crippen LogP contribution is 2.21. The molecule has 0 heterocycles. The molecule has 0 spiro atoms. The van der Waals surface area contributed by atoms with E-state index >= 15 is 0 Å². The zero-order chi connectivity index (χ0) is 13.8. The Hall–Kier alpha value is -1.27. The average Bonchev–Trinajstić information content (AvgIpc) is 2.42. The standard InChI is InChI=1S/C14H11ClINO2/c15-8-9-2-1-3-11(6-9)17-14(19)10-4-5-12(16)13(18)7-10/h1-7,18H,8H2,(H,17,19). The van der Waals surface area contributed by atoms with Gasteiger partial charge in [-0.25, -0.2) is 0 Å². The van der Waals surface area contributed by atoms with Crippen molar-refractivity contribution in [3.8, 4) is 5.75 Å². The number of carbonyl (C=O) groups is 1. The molecule has 19 heavy (non-hydrogen) atoms. The molecule has 2 aromatic carbocycles. The van der Waals surface area contributed by atoms with Gasteiger partial charge in [-0.1, -0.05) is 12.1 Å². The molecule has 0 saturated carbocycles. The van der Waals surface area contributed by atoms with Crippen LogP contribution >= 0.6 is 34.2 Å². The molecule has 5 heteroatoms. The number of anilines is 1. The summed E-state index contributed by atoms with van der Waals surface area (Å²) in [5.74, 6) is 0.231. The topological polar surface area (TPSA) is 49.3 Å². The molecule has 2 rings (SSSR count). The van der Waals surface area contributed by atoms with Gasteiger partial charge in [-0.15, -0.1) is 11.6 Å². The van der Waals surface area contributed by atoms with Crippen LogP contribution in [0.3, 0.4) is 0 Å². The van der Waals surface area contributed by atoms with Crippen molar-refractivity contribution in [2.75, 3.05) is 5.32 Å². The van der Waals surface area contributed by atoms with Crippen LogP contribution in [0.25, 0.3) is 0 Å². The lowest BCUT2D eigenvalue weighted by atomic mass is 10.2. The van der Waals surface area contributed by atoms with E-state index in [1.807, 2.05) is 40.8 Å². The molecule has 2 aromatic rings. The number of amides is 1. The Balaban J connectivity index is 2.18. The Morgan fingerprint density at radius 3 is 2.74 bits per heavy atom. The molecule has 0 aliphatic carbocycles. The number of alkyl halides is 1. The molecule has 2 N–H and O–H groups in total. The molecular weight excluding hydrogens is 377 g/mol. The van der Waals surface area contributed by atoms with Gasteiger partial charge in [0.05, 0.1) is 3.57 Å². The summed E-state index contributed by atoms with van der Waals surface area (Å²) < 4.78 is 0.707. The summed E-state index contributed by atoms with van der Waals surface area (Å²) in [6.45, 7) is 0. The molecule has 0 fully saturated rings. The van der Waals surface area contributed by atoms with Crippen molar-refractivity contribution in [1.82, 2.24) is 0 Å². The van der Waals surface area contributed by atoms with Crippen molar-refractivity contribution in [1.29, 1.82) is 0 Å². The largest absolute Gasteiger partial charge is 0.507 e. The van der Waals surface area contributed by atoms with Crippen LogP contribution in [0.15, 0.2) is 42.5 Å². The maximum atomic E-state index is 12.0. The normalized spacial score (nSPS) is 10.2. The fraction of sp³-hybridized carbons (Fsp3) is 0.0714. The number of phenols is 1. The van der Waals surface area contributed by atoms with Gasteiger partial charge in [0.2, 0.25) is 0 Å². The molecule has 0 aromatic heterocycles. The van der Waals surface area contributed by atoms with Crippen LogP contribution in [0.5, 0.6) is 5.75 Å². The summed E-state index contributed by atoms with van der Waals surface area (Å²) in [5.41, 5.74) is 2.03. The summed E-state index contributed by atoms with van der Waals surface area (Å²) in [5, 5.41) is 12.4. The fourth-order valence-electron chi connectivity index (χ4n) is 1.59. The zero-order valence-corrected chi connectivity index (χ0v) is 12.8. The van der Waals surface area contributed by atoms with Crippen LogP contribution < -0.4 is 5.32 Å². The van der Waals surface area contributed by atoms with Gasteiger partial charge in [0.25, 0.3) is 5.91 Å². The number of aromatic hydroxyl groups is 1. The Bertz CT molecular complexity index is 616. The number of benzene rings is 2. The minimum absolute atomic E-state index is 0.0998. The number of hydrogen-bond donors (Lipinski definition) is 2. The lowest BCUT2D eigenvalue weighted by Crippen LogP contribution is -2.11. The van der Waals surface area contributed by atoms with Crippen LogP contribution in [0, 0.1) is 3.57 Å². The SMILES string of the molecule is O=C(Nc1cccc(CCl)c1)c1ccc(I)c(O)c1. The first-order valence-corrected chi connectivity index (χ1v) is 7.16. The molecule has 0 aliphatic rings. The third kappa shape index (κ3) is 3.61. The highest BCUT2D eigenvalue weighted by Gasteiger charge is 2.08. The molecule has 0 unspecified atom stereocenters. The first-order chi connectivity index (χ1) is 9.10. The van der Waals surface area contributed by atoms with E-state index in [4.69, 9.17) is 11.6 Å². The molecule has 0 bridgehead atoms. The molecule has 0 aliphatic heterocycles. The van der Waals surface area contributed by atoms with Gasteiger partial charge >= 0.3 is 0 Å². The number of phenolic OH excluding ortho intramolecular Hbond substituents is 1. The number of hydrogen-bond acceptors (Lipinski definition) is 2.